The van der Waals surface area contributed by atoms with E-state index >= 15 is 0 Å². The first-order valence-corrected chi connectivity index (χ1v) is 7.54. The van der Waals surface area contributed by atoms with Gasteiger partial charge in [0.25, 0.3) is 0 Å². The Kier molecular flexibility index (Phi) is 3.63. The van der Waals surface area contributed by atoms with Crippen molar-refractivity contribution in [1.29, 1.82) is 0 Å². The first-order chi connectivity index (χ1) is 10.1. The predicted octanol–water partition coefficient (Wildman–Crippen LogP) is 3.68. The molecule has 0 aliphatic carbocycles. The summed E-state index contributed by atoms with van der Waals surface area (Å²) in [6.07, 6.45) is 3.64. The topological polar surface area (TPSA) is 55.1 Å². The highest BCUT2D eigenvalue weighted by Crippen LogP contribution is 2.25. The Balaban J connectivity index is 2.02. The summed E-state index contributed by atoms with van der Waals surface area (Å²) in [6.45, 7) is 6.04. The Hall–Kier alpha value is -1.95. The van der Waals surface area contributed by atoms with Gasteiger partial charge in [0.15, 0.2) is 5.65 Å². The maximum absolute atomic E-state index is 4.54. The normalized spacial score (nSPS) is 12.6. The number of halogens is 1. The minimum atomic E-state index is 0.131. The Morgan fingerprint density at radius 1 is 1.33 bits per heavy atom. The highest BCUT2D eigenvalue weighted by Gasteiger charge is 2.14. The summed E-state index contributed by atoms with van der Waals surface area (Å²) in [4.78, 5) is 8.70. The van der Waals surface area contributed by atoms with Gasteiger partial charge >= 0.3 is 0 Å². The molecule has 108 valence electrons. The molecule has 0 aliphatic rings. The van der Waals surface area contributed by atoms with E-state index in [9.17, 15) is 0 Å². The summed E-state index contributed by atoms with van der Waals surface area (Å²) >= 11 is 3.55. The third-order valence-corrected chi connectivity index (χ3v) is 4.30. The van der Waals surface area contributed by atoms with Gasteiger partial charge in [-0.25, -0.2) is 4.98 Å². The highest BCUT2D eigenvalue weighted by molar-refractivity contribution is 9.10. The standard InChI is InChI=1S/C15H16BrN5/c1-9-7-13(19-10(2)12-5-4-6-17-8-12)21-15(18-9)14(16)11(3)20-21/h4-8,10,19H,1-3H3. The monoisotopic (exact) mass is 345 g/mol. The maximum atomic E-state index is 4.54. The number of aromatic nitrogens is 4. The van der Waals surface area contributed by atoms with Crippen molar-refractivity contribution in [2.24, 2.45) is 0 Å². The summed E-state index contributed by atoms with van der Waals surface area (Å²) < 4.78 is 2.77. The van der Waals surface area contributed by atoms with Gasteiger partial charge < -0.3 is 5.32 Å². The lowest BCUT2D eigenvalue weighted by molar-refractivity contribution is 0.828. The van der Waals surface area contributed by atoms with Gasteiger partial charge in [0.2, 0.25) is 0 Å². The lowest BCUT2D eigenvalue weighted by atomic mass is 10.1. The first kappa shape index (κ1) is 14.0. The summed E-state index contributed by atoms with van der Waals surface area (Å²) in [6, 6.07) is 6.13. The van der Waals surface area contributed by atoms with Gasteiger partial charge in [-0.3, -0.25) is 4.98 Å². The average molecular weight is 346 g/mol. The van der Waals surface area contributed by atoms with Crippen LogP contribution in [0.15, 0.2) is 35.1 Å². The third kappa shape index (κ3) is 2.63. The van der Waals surface area contributed by atoms with E-state index in [1.54, 1.807) is 6.20 Å². The molecule has 1 atom stereocenters. The van der Waals surface area contributed by atoms with Gasteiger partial charge in [0.05, 0.1) is 16.2 Å². The van der Waals surface area contributed by atoms with Crippen LogP contribution >= 0.6 is 15.9 Å². The number of hydrogen-bond acceptors (Lipinski definition) is 4. The summed E-state index contributed by atoms with van der Waals surface area (Å²) in [7, 11) is 0. The average Bonchev–Trinajstić information content (AvgIpc) is 2.76. The van der Waals surface area contributed by atoms with Crippen LogP contribution in [0.25, 0.3) is 5.65 Å². The molecule has 1 N–H and O–H groups in total. The second-order valence-electron chi connectivity index (χ2n) is 5.07. The fourth-order valence-corrected chi connectivity index (χ4v) is 2.59. The molecule has 0 bridgehead atoms. The molecule has 6 heteroatoms. The molecule has 0 radical (unpaired) electrons. The number of aryl methyl sites for hydroxylation is 2. The summed E-state index contributed by atoms with van der Waals surface area (Å²) in [5.41, 5.74) is 3.82. The molecule has 0 aliphatic heterocycles. The molecule has 5 nitrogen and oxygen atoms in total. The Morgan fingerprint density at radius 2 is 2.14 bits per heavy atom. The van der Waals surface area contributed by atoms with Crippen LogP contribution in [0.5, 0.6) is 0 Å². The van der Waals surface area contributed by atoms with Crippen molar-refractivity contribution in [3.63, 3.8) is 0 Å². The van der Waals surface area contributed by atoms with Crippen molar-refractivity contribution < 1.29 is 0 Å². The number of hydrogen-bond donors (Lipinski definition) is 1. The van der Waals surface area contributed by atoms with Crippen molar-refractivity contribution >= 4 is 27.4 Å². The first-order valence-electron chi connectivity index (χ1n) is 6.75. The molecule has 3 aromatic heterocycles. The quantitative estimate of drug-likeness (QED) is 0.786. The second kappa shape index (κ2) is 5.44. The van der Waals surface area contributed by atoms with Crippen molar-refractivity contribution in [2.45, 2.75) is 26.8 Å². The van der Waals surface area contributed by atoms with E-state index in [2.05, 4.69) is 49.3 Å². The molecule has 0 aromatic carbocycles. The van der Waals surface area contributed by atoms with Crippen molar-refractivity contribution in [2.75, 3.05) is 5.32 Å². The Labute approximate surface area is 131 Å². The van der Waals surface area contributed by atoms with Gasteiger partial charge in [-0.2, -0.15) is 9.61 Å². The van der Waals surface area contributed by atoms with Crippen LogP contribution < -0.4 is 5.32 Å². The fraction of sp³-hybridized carbons (Fsp3) is 0.267. The van der Waals surface area contributed by atoms with Gasteiger partial charge in [-0.05, 0) is 48.3 Å². The van der Waals surface area contributed by atoms with E-state index in [0.29, 0.717) is 0 Å². The zero-order valence-corrected chi connectivity index (χ0v) is 13.7. The fourth-order valence-electron chi connectivity index (χ4n) is 2.26. The van der Waals surface area contributed by atoms with Crippen molar-refractivity contribution in [1.82, 2.24) is 19.6 Å². The molecule has 0 amide bonds. The number of anilines is 1. The third-order valence-electron chi connectivity index (χ3n) is 3.37. The summed E-state index contributed by atoms with van der Waals surface area (Å²) in [5, 5.41) is 8.01. The van der Waals surface area contributed by atoms with Gasteiger partial charge in [0.1, 0.15) is 5.82 Å². The van der Waals surface area contributed by atoms with E-state index in [4.69, 9.17) is 0 Å². The molecular weight excluding hydrogens is 330 g/mol. The van der Waals surface area contributed by atoms with Crippen LogP contribution in [0.3, 0.4) is 0 Å². The molecule has 3 aromatic rings. The predicted molar refractivity (Wildman–Crippen MR) is 86.4 cm³/mol. The smallest absolute Gasteiger partial charge is 0.172 e. The molecule has 3 heterocycles. The van der Waals surface area contributed by atoms with Crippen LogP contribution in [0.1, 0.15) is 29.9 Å². The number of rotatable bonds is 3. The van der Waals surface area contributed by atoms with Gasteiger partial charge in [-0.15, -0.1) is 0 Å². The molecule has 1 unspecified atom stereocenters. The molecule has 21 heavy (non-hydrogen) atoms. The van der Waals surface area contributed by atoms with Crippen LogP contribution in [-0.2, 0) is 0 Å². The minimum absolute atomic E-state index is 0.131. The molecule has 0 spiro atoms. The van der Waals surface area contributed by atoms with Crippen LogP contribution in [0.4, 0.5) is 5.82 Å². The molecule has 3 rings (SSSR count). The SMILES string of the molecule is Cc1cc(NC(C)c2cccnc2)n2nc(C)c(Br)c2n1. The second-order valence-corrected chi connectivity index (χ2v) is 5.86. The summed E-state index contributed by atoms with van der Waals surface area (Å²) in [5.74, 6) is 0.919. The van der Waals surface area contributed by atoms with E-state index in [1.165, 1.54) is 0 Å². The van der Waals surface area contributed by atoms with Crippen LogP contribution in [0, 0.1) is 13.8 Å². The van der Waals surface area contributed by atoms with Gasteiger partial charge in [-0.1, -0.05) is 6.07 Å². The van der Waals surface area contributed by atoms with E-state index < -0.39 is 0 Å². The highest BCUT2D eigenvalue weighted by atomic mass is 79.9. The number of fused-ring (bicyclic) bond motifs is 1. The largest absolute Gasteiger partial charge is 0.363 e. The number of nitrogens with one attached hydrogen (secondary N) is 1. The zero-order valence-electron chi connectivity index (χ0n) is 12.1. The zero-order chi connectivity index (χ0) is 15.0. The van der Waals surface area contributed by atoms with E-state index in [1.807, 2.05) is 36.7 Å². The molecule has 0 saturated carbocycles. The minimum Gasteiger partial charge on any atom is -0.363 e. The maximum Gasteiger partial charge on any atom is 0.172 e. The number of nitrogens with zero attached hydrogens (tertiary/aromatic N) is 4. The van der Waals surface area contributed by atoms with Gasteiger partial charge in [0, 0.05) is 24.2 Å². The lowest BCUT2D eigenvalue weighted by Gasteiger charge is -2.16. The Bertz CT molecular complexity index is 782. The van der Waals surface area contributed by atoms with Crippen molar-refractivity contribution in [3.05, 3.63) is 52.0 Å². The van der Waals surface area contributed by atoms with E-state index in [0.717, 1.165) is 32.9 Å². The van der Waals surface area contributed by atoms with E-state index in [-0.39, 0.29) is 6.04 Å². The molecule has 0 fully saturated rings. The van der Waals surface area contributed by atoms with Crippen LogP contribution in [-0.4, -0.2) is 19.6 Å². The van der Waals surface area contributed by atoms with Crippen LogP contribution in [0.2, 0.25) is 0 Å². The number of pyridine rings is 1. The molecular formula is C15H16BrN5. The lowest BCUT2D eigenvalue weighted by Crippen LogP contribution is -2.11. The molecule has 0 saturated heterocycles. The van der Waals surface area contributed by atoms with Crippen molar-refractivity contribution in [3.8, 4) is 0 Å². The Morgan fingerprint density at radius 3 is 2.86 bits per heavy atom.